The van der Waals surface area contributed by atoms with Crippen LogP contribution < -0.4 is 4.74 Å². The van der Waals surface area contributed by atoms with Gasteiger partial charge in [-0.1, -0.05) is 0 Å². The number of nitrogens with zero attached hydrogens (tertiary/aromatic N) is 1. The highest BCUT2D eigenvalue weighted by Gasteiger charge is 2.29. The molecule has 0 aromatic carbocycles. The van der Waals surface area contributed by atoms with Crippen molar-refractivity contribution in [3.05, 3.63) is 24.0 Å². The monoisotopic (exact) mass is 151 g/mol. The Morgan fingerprint density at radius 3 is 3.18 bits per heavy atom. The minimum absolute atomic E-state index is 0.167. The van der Waals surface area contributed by atoms with Crippen LogP contribution in [0.4, 0.5) is 0 Å². The molecule has 0 spiro atoms. The van der Waals surface area contributed by atoms with Crippen LogP contribution in [0.2, 0.25) is 0 Å². The van der Waals surface area contributed by atoms with Crippen LogP contribution in [0.1, 0.15) is 18.7 Å². The van der Waals surface area contributed by atoms with Gasteiger partial charge in [-0.2, -0.15) is 0 Å². The van der Waals surface area contributed by atoms with E-state index < -0.39 is 6.10 Å². The Kier molecular flexibility index (Phi) is 1.32. The molecule has 1 aromatic rings. The van der Waals surface area contributed by atoms with Crippen LogP contribution in [-0.4, -0.2) is 16.2 Å². The summed E-state index contributed by atoms with van der Waals surface area (Å²) in [6, 6.07) is 3.61. The zero-order chi connectivity index (χ0) is 7.84. The Bertz CT molecular complexity index is 275. The predicted molar refractivity (Wildman–Crippen MR) is 39.3 cm³/mol. The van der Waals surface area contributed by atoms with E-state index in [4.69, 9.17) is 4.74 Å². The molecule has 1 aromatic heterocycles. The fourth-order valence-electron chi connectivity index (χ4n) is 1.21. The van der Waals surface area contributed by atoms with Crippen molar-refractivity contribution in [2.24, 2.45) is 0 Å². The van der Waals surface area contributed by atoms with Crippen molar-refractivity contribution in [2.75, 3.05) is 0 Å². The van der Waals surface area contributed by atoms with Gasteiger partial charge in [0.05, 0.1) is 0 Å². The van der Waals surface area contributed by atoms with E-state index in [1.54, 1.807) is 12.3 Å². The van der Waals surface area contributed by atoms with E-state index >= 15 is 0 Å². The van der Waals surface area contributed by atoms with Gasteiger partial charge < -0.3 is 9.84 Å². The van der Waals surface area contributed by atoms with Gasteiger partial charge in [-0.15, -0.1) is 0 Å². The number of hydrogen-bond donors (Lipinski definition) is 1. The van der Waals surface area contributed by atoms with E-state index in [1.807, 2.05) is 13.0 Å². The van der Waals surface area contributed by atoms with E-state index in [0.29, 0.717) is 11.4 Å². The number of aliphatic hydroxyl groups is 1. The van der Waals surface area contributed by atoms with Crippen LogP contribution in [0.3, 0.4) is 0 Å². The van der Waals surface area contributed by atoms with Crippen LogP contribution in [0.5, 0.6) is 5.75 Å². The van der Waals surface area contributed by atoms with Gasteiger partial charge in [0.15, 0.2) is 0 Å². The van der Waals surface area contributed by atoms with Gasteiger partial charge in [0.1, 0.15) is 23.7 Å². The molecule has 2 rings (SSSR count). The predicted octanol–water partition coefficient (Wildman–Crippen LogP) is 0.896. The van der Waals surface area contributed by atoms with Gasteiger partial charge >= 0.3 is 0 Å². The number of aromatic nitrogens is 1. The smallest absolute Gasteiger partial charge is 0.144 e. The summed E-state index contributed by atoms with van der Waals surface area (Å²) in [6.45, 7) is 1.83. The second-order valence-corrected chi connectivity index (χ2v) is 2.65. The lowest BCUT2D eigenvalue weighted by Gasteiger charge is -2.05. The van der Waals surface area contributed by atoms with Crippen molar-refractivity contribution in [1.82, 2.24) is 4.98 Å². The van der Waals surface area contributed by atoms with E-state index in [1.165, 1.54) is 0 Å². The second kappa shape index (κ2) is 2.20. The van der Waals surface area contributed by atoms with Gasteiger partial charge in [-0.05, 0) is 19.1 Å². The molecule has 0 amide bonds. The topological polar surface area (TPSA) is 42.4 Å². The van der Waals surface area contributed by atoms with E-state index in [2.05, 4.69) is 4.98 Å². The third-order valence-electron chi connectivity index (χ3n) is 1.84. The molecule has 1 aliphatic rings. The zero-order valence-electron chi connectivity index (χ0n) is 6.19. The molecular weight excluding hydrogens is 142 g/mol. The number of hydrogen-bond acceptors (Lipinski definition) is 3. The van der Waals surface area contributed by atoms with Gasteiger partial charge in [0.25, 0.3) is 0 Å². The third kappa shape index (κ3) is 0.886. The summed E-state index contributed by atoms with van der Waals surface area (Å²) < 4.78 is 5.31. The maximum Gasteiger partial charge on any atom is 0.144 e. The number of aliphatic hydroxyl groups excluding tert-OH is 1. The maximum absolute atomic E-state index is 9.46. The highest BCUT2D eigenvalue weighted by Crippen LogP contribution is 2.33. The lowest BCUT2D eigenvalue weighted by atomic mass is 10.2. The third-order valence-corrected chi connectivity index (χ3v) is 1.84. The van der Waals surface area contributed by atoms with Gasteiger partial charge in [-0.3, -0.25) is 4.98 Å². The van der Waals surface area contributed by atoms with Crippen LogP contribution in [0.25, 0.3) is 0 Å². The quantitative estimate of drug-likeness (QED) is 0.599. The van der Waals surface area contributed by atoms with Crippen LogP contribution in [0, 0.1) is 0 Å². The number of ether oxygens (including phenoxy) is 1. The van der Waals surface area contributed by atoms with Crippen molar-refractivity contribution < 1.29 is 9.84 Å². The average molecular weight is 151 g/mol. The molecule has 2 atom stereocenters. The largest absolute Gasteiger partial charge is 0.486 e. The number of pyridine rings is 1. The first-order chi connectivity index (χ1) is 5.29. The molecule has 3 nitrogen and oxygen atoms in total. The fourth-order valence-corrected chi connectivity index (χ4v) is 1.21. The Hall–Kier alpha value is -1.09. The van der Waals surface area contributed by atoms with Crippen molar-refractivity contribution in [1.29, 1.82) is 0 Å². The van der Waals surface area contributed by atoms with Crippen LogP contribution >= 0.6 is 0 Å². The van der Waals surface area contributed by atoms with E-state index in [-0.39, 0.29) is 6.10 Å². The summed E-state index contributed by atoms with van der Waals surface area (Å²) in [5.74, 6) is 0.701. The molecule has 1 N–H and O–H groups in total. The van der Waals surface area contributed by atoms with Crippen molar-refractivity contribution in [3.8, 4) is 5.75 Å². The summed E-state index contributed by atoms with van der Waals surface area (Å²) in [7, 11) is 0. The second-order valence-electron chi connectivity index (χ2n) is 2.65. The first-order valence-electron chi connectivity index (χ1n) is 3.58. The van der Waals surface area contributed by atoms with Crippen LogP contribution in [-0.2, 0) is 0 Å². The van der Waals surface area contributed by atoms with Gasteiger partial charge in [-0.25, -0.2) is 0 Å². The fraction of sp³-hybridized carbons (Fsp3) is 0.375. The molecular formula is C8H9NO2. The summed E-state index contributed by atoms with van der Waals surface area (Å²) in [5.41, 5.74) is 0.653. The number of rotatable bonds is 0. The van der Waals surface area contributed by atoms with Crippen molar-refractivity contribution >= 4 is 0 Å². The first kappa shape index (κ1) is 6.61. The van der Waals surface area contributed by atoms with E-state index in [9.17, 15) is 5.11 Å². The molecule has 0 fully saturated rings. The Balaban J connectivity index is 2.47. The highest BCUT2D eigenvalue weighted by molar-refractivity contribution is 5.33. The normalized spacial score (nSPS) is 27.8. The SMILES string of the molecule is C[C@@H]1Oc2cccnc2[C@@H]1O. The zero-order valence-corrected chi connectivity index (χ0v) is 6.19. The van der Waals surface area contributed by atoms with Crippen LogP contribution in [0.15, 0.2) is 18.3 Å². The molecule has 0 saturated heterocycles. The molecule has 0 bridgehead atoms. The summed E-state index contributed by atoms with van der Waals surface area (Å²) >= 11 is 0. The molecule has 11 heavy (non-hydrogen) atoms. The summed E-state index contributed by atoms with van der Waals surface area (Å²) in [4.78, 5) is 4.02. The Morgan fingerprint density at radius 1 is 1.64 bits per heavy atom. The molecule has 0 saturated carbocycles. The lowest BCUT2D eigenvalue weighted by molar-refractivity contribution is 0.0779. The van der Waals surface area contributed by atoms with Gasteiger partial charge in [0, 0.05) is 6.20 Å². The molecule has 0 radical (unpaired) electrons. The maximum atomic E-state index is 9.46. The minimum atomic E-state index is -0.564. The average Bonchev–Trinajstić information content (AvgIpc) is 2.30. The first-order valence-corrected chi connectivity index (χ1v) is 3.58. The molecule has 2 heterocycles. The molecule has 58 valence electrons. The number of fused-ring (bicyclic) bond motifs is 1. The molecule has 3 heteroatoms. The Labute approximate surface area is 64.6 Å². The summed E-state index contributed by atoms with van der Waals surface area (Å²) in [6.07, 6.45) is 0.926. The summed E-state index contributed by atoms with van der Waals surface area (Å²) in [5, 5.41) is 9.46. The van der Waals surface area contributed by atoms with Gasteiger partial charge in [0.2, 0.25) is 0 Å². The van der Waals surface area contributed by atoms with Crippen molar-refractivity contribution in [3.63, 3.8) is 0 Å². The lowest BCUT2D eigenvalue weighted by Crippen LogP contribution is -2.13. The standard InChI is InChI=1S/C8H9NO2/c1-5-8(10)7-6(11-5)3-2-4-9-7/h2-5,8,10H,1H3/t5-,8+/m0/s1. The molecule has 0 aliphatic carbocycles. The highest BCUT2D eigenvalue weighted by atomic mass is 16.5. The van der Waals surface area contributed by atoms with Crippen molar-refractivity contribution in [2.45, 2.75) is 19.1 Å². The van der Waals surface area contributed by atoms with E-state index in [0.717, 1.165) is 0 Å². The Morgan fingerprint density at radius 2 is 2.45 bits per heavy atom. The molecule has 0 unspecified atom stereocenters. The molecule has 1 aliphatic heterocycles. The minimum Gasteiger partial charge on any atom is -0.486 e.